The monoisotopic (exact) mass is 516 g/mol. The second-order valence-corrected chi connectivity index (χ2v) is 9.65. The predicted octanol–water partition coefficient (Wildman–Crippen LogP) is 6.23. The first-order chi connectivity index (χ1) is 14.9. The summed E-state index contributed by atoms with van der Waals surface area (Å²) in [6.45, 7) is 2.14. The van der Waals surface area contributed by atoms with Crippen molar-refractivity contribution in [3.63, 3.8) is 0 Å². The zero-order valence-corrected chi connectivity index (χ0v) is 21.3. The number of likely N-dealkylation sites (tertiary alicyclic amines) is 1. The fourth-order valence-electron chi connectivity index (χ4n) is 5.03. The van der Waals surface area contributed by atoms with Crippen molar-refractivity contribution in [2.24, 2.45) is 0 Å². The lowest BCUT2D eigenvalue weighted by Gasteiger charge is -2.44. The molecule has 0 bridgehead atoms. The van der Waals surface area contributed by atoms with Gasteiger partial charge in [-0.1, -0.05) is 40.9 Å². The Morgan fingerprint density at radius 2 is 1.84 bits per heavy atom. The summed E-state index contributed by atoms with van der Waals surface area (Å²) in [5, 5.41) is 1.58. The quantitative estimate of drug-likeness (QED) is 0.471. The van der Waals surface area contributed by atoms with E-state index in [0.717, 1.165) is 48.4 Å². The Labute approximate surface area is 211 Å². The van der Waals surface area contributed by atoms with Crippen LogP contribution in [-0.4, -0.2) is 49.0 Å². The van der Waals surface area contributed by atoms with Gasteiger partial charge in [0.2, 0.25) is 5.91 Å². The molecule has 0 saturated carbocycles. The summed E-state index contributed by atoms with van der Waals surface area (Å²) in [5.74, 6) is 0.845. The van der Waals surface area contributed by atoms with E-state index in [1.54, 1.807) is 19.2 Å². The van der Waals surface area contributed by atoms with Crippen LogP contribution in [0.3, 0.4) is 0 Å². The summed E-state index contributed by atoms with van der Waals surface area (Å²) in [4.78, 5) is 17.8. The molecule has 1 heterocycles. The lowest BCUT2D eigenvalue weighted by atomic mass is 9.81. The van der Waals surface area contributed by atoms with Gasteiger partial charge in [-0.2, -0.15) is 0 Å². The minimum Gasteiger partial charge on any atom is -0.496 e. The van der Waals surface area contributed by atoms with Gasteiger partial charge in [0.25, 0.3) is 0 Å². The molecule has 8 heteroatoms. The highest BCUT2D eigenvalue weighted by Crippen LogP contribution is 2.43. The summed E-state index contributed by atoms with van der Waals surface area (Å²) in [6, 6.07) is 9.42. The van der Waals surface area contributed by atoms with E-state index in [-0.39, 0.29) is 36.8 Å². The maximum Gasteiger partial charge on any atom is 0.227 e. The van der Waals surface area contributed by atoms with Gasteiger partial charge in [0.15, 0.2) is 0 Å². The number of methoxy groups -OCH3 is 1. The first-order valence-corrected chi connectivity index (χ1v) is 11.8. The molecular formula is C24H28Cl4N2O2. The first-order valence-electron chi connectivity index (χ1n) is 10.7. The Morgan fingerprint density at radius 3 is 2.50 bits per heavy atom. The summed E-state index contributed by atoms with van der Waals surface area (Å²) in [5.41, 5.74) is 3.10. The van der Waals surface area contributed by atoms with Crippen LogP contribution in [0, 0.1) is 0 Å². The molecule has 32 heavy (non-hydrogen) atoms. The number of carbonyl (C=O) groups is 1. The third-order valence-electron chi connectivity index (χ3n) is 6.56. The molecule has 1 aliphatic carbocycles. The Kier molecular flexibility index (Phi) is 8.62. The van der Waals surface area contributed by atoms with Gasteiger partial charge >= 0.3 is 0 Å². The van der Waals surface area contributed by atoms with Crippen molar-refractivity contribution < 1.29 is 9.53 Å². The van der Waals surface area contributed by atoms with Crippen LogP contribution in [0.4, 0.5) is 0 Å². The molecule has 1 amide bonds. The molecule has 4 rings (SSSR count). The molecule has 1 aliphatic heterocycles. The zero-order chi connectivity index (χ0) is 22.1. The number of halogens is 4. The molecule has 1 fully saturated rings. The van der Waals surface area contributed by atoms with Crippen LogP contribution >= 0.6 is 47.2 Å². The number of carbonyl (C=O) groups excluding carboxylic acids is 1. The standard InChI is InChI=1S/C24H27Cl3N2O2.ClH/c1-28(23(30)12-15-5-7-19(26)20(27)11-15)24-18-13-16(25)14-22(31-2)17(18)6-8-21(24)29-9-3-4-10-29;/h5,7,11,13-14,21,24H,3-4,6,8-10,12H2,1-2H3;1H/t21-,24-;/m0./s1. The van der Waals surface area contributed by atoms with Gasteiger partial charge in [-0.05, 0) is 79.7 Å². The van der Waals surface area contributed by atoms with E-state index < -0.39 is 0 Å². The SMILES string of the molecule is COc1cc(Cl)cc2c1CC[C@H](N1CCCC1)[C@H]2N(C)C(=O)Cc1ccc(Cl)c(Cl)c1.Cl. The number of amides is 1. The summed E-state index contributed by atoms with van der Waals surface area (Å²) in [6.07, 6.45) is 4.58. The average molecular weight is 518 g/mol. The van der Waals surface area contributed by atoms with Gasteiger partial charge in [-0.15, -0.1) is 12.4 Å². The van der Waals surface area contributed by atoms with Crippen molar-refractivity contribution in [3.05, 3.63) is 62.1 Å². The van der Waals surface area contributed by atoms with E-state index in [1.165, 1.54) is 12.8 Å². The fourth-order valence-corrected chi connectivity index (χ4v) is 5.57. The number of benzene rings is 2. The normalized spacial score (nSPS) is 20.4. The Bertz CT molecular complexity index is 979. The van der Waals surface area contributed by atoms with Crippen LogP contribution in [-0.2, 0) is 17.6 Å². The highest BCUT2D eigenvalue weighted by molar-refractivity contribution is 6.42. The number of rotatable bonds is 5. The van der Waals surface area contributed by atoms with Crippen LogP contribution in [0.25, 0.3) is 0 Å². The molecule has 0 N–H and O–H groups in total. The minimum atomic E-state index is -0.0790. The minimum absolute atomic E-state index is 0. The van der Waals surface area contributed by atoms with Crippen molar-refractivity contribution in [1.29, 1.82) is 0 Å². The molecule has 0 radical (unpaired) electrons. The number of hydrogen-bond acceptors (Lipinski definition) is 3. The van der Waals surface area contributed by atoms with Crippen molar-refractivity contribution in [2.75, 3.05) is 27.2 Å². The molecule has 0 spiro atoms. The zero-order valence-electron chi connectivity index (χ0n) is 18.2. The molecule has 2 aromatic rings. The van der Waals surface area contributed by atoms with Crippen molar-refractivity contribution in [1.82, 2.24) is 9.80 Å². The Balaban J connectivity index is 0.00000289. The second kappa shape index (κ2) is 10.8. The fraction of sp³-hybridized carbons (Fsp3) is 0.458. The van der Waals surface area contributed by atoms with E-state index in [9.17, 15) is 4.79 Å². The number of nitrogens with zero attached hydrogens (tertiary/aromatic N) is 2. The van der Waals surface area contributed by atoms with E-state index in [4.69, 9.17) is 39.5 Å². The van der Waals surface area contributed by atoms with Gasteiger partial charge in [-0.3, -0.25) is 9.69 Å². The topological polar surface area (TPSA) is 32.8 Å². The van der Waals surface area contributed by atoms with Crippen molar-refractivity contribution in [2.45, 2.75) is 44.2 Å². The van der Waals surface area contributed by atoms with Crippen LogP contribution in [0.5, 0.6) is 5.75 Å². The Hall–Kier alpha value is -1.17. The largest absolute Gasteiger partial charge is 0.496 e. The lowest BCUT2D eigenvalue weighted by Crippen LogP contribution is -2.48. The molecule has 0 aromatic heterocycles. The molecule has 0 unspecified atom stereocenters. The number of likely N-dealkylation sites (N-methyl/N-ethyl adjacent to an activating group) is 1. The van der Waals surface area contributed by atoms with Gasteiger partial charge in [0.1, 0.15) is 5.75 Å². The number of fused-ring (bicyclic) bond motifs is 1. The van der Waals surface area contributed by atoms with Crippen LogP contribution in [0.15, 0.2) is 30.3 Å². The maximum atomic E-state index is 13.4. The molecule has 1 saturated heterocycles. The third-order valence-corrected chi connectivity index (χ3v) is 7.52. The van der Waals surface area contributed by atoms with Gasteiger partial charge < -0.3 is 9.64 Å². The van der Waals surface area contributed by atoms with Gasteiger partial charge in [0, 0.05) is 18.1 Å². The Morgan fingerprint density at radius 1 is 1.12 bits per heavy atom. The molecule has 2 aromatic carbocycles. The van der Waals surface area contributed by atoms with Crippen LogP contribution in [0.1, 0.15) is 42.0 Å². The molecule has 174 valence electrons. The van der Waals surface area contributed by atoms with Crippen LogP contribution < -0.4 is 4.74 Å². The number of hydrogen-bond donors (Lipinski definition) is 0. The highest BCUT2D eigenvalue weighted by Gasteiger charge is 2.39. The average Bonchev–Trinajstić information content (AvgIpc) is 3.29. The molecule has 2 atom stereocenters. The highest BCUT2D eigenvalue weighted by atomic mass is 35.5. The summed E-state index contributed by atoms with van der Waals surface area (Å²) >= 11 is 18.7. The summed E-state index contributed by atoms with van der Waals surface area (Å²) < 4.78 is 5.63. The van der Waals surface area contributed by atoms with E-state index in [1.807, 2.05) is 30.1 Å². The van der Waals surface area contributed by atoms with E-state index in [0.29, 0.717) is 15.1 Å². The number of ether oxygens (including phenoxy) is 1. The van der Waals surface area contributed by atoms with E-state index >= 15 is 0 Å². The predicted molar refractivity (Wildman–Crippen MR) is 134 cm³/mol. The first kappa shape index (κ1) is 25.5. The summed E-state index contributed by atoms with van der Waals surface area (Å²) in [7, 11) is 3.57. The smallest absolute Gasteiger partial charge is 0.227 e. The van der Waals surface area contributed by atoms with Crippen LogP contribution in [0.2, 0.25) is 15.1 Å². The second-order valence-electron chi connectivity index (χ2n) is 8.40. The molecular weight excluding hydrogens is 490 g/mol. The lowest BCUT2D eigenvalue weighted by molar-refractivity contribution is -0.133. The van der Waals surface area contributed by atoms with Gasteiger partial charge in [-0.25, -0.2) is 0 Å². The van der Waals surface area contributed by atoms with E-state index in [2.05, 4.69) is 4.90 Å². The third kappa shape index (κ3) is 5.15. The molecule has 4 nitrogen and oxygen atoms in total. The van der Waals surface area contributed by atoms with Crippen molar-refractivity contribution >= 4 is 53.1 Å². The van der Waals surface area contributed by atoms with Gasteiger partial charge in [0.05, 0.1) is 29.6 Å². The maximum absolute atomic E-state index is 13.4. The van der Waals surface area contributed by atoms with Crippen molar-refractivity contribution in [3.8, 4) is 5.75 Å². The molecule has 2 aliphatic rings.